The Balaban J connectivity index is 5.20. The molecule has 0 saturated heterocycles. The number of esters is 4. The number of rotatable bonds is 67. The van der Waals surface area contributed by atoms with Crippen LogP contribution in [0.3, 0.4) is 0 Å². The van der Waals surface area contributed by atoms with Gasteiger partial charge in [-0.3, -0.25) is 37.3 Å². The van der Waals surface area contributed by atoms with Crippen LogP contribution in [0.25, 0.3) is 0 Å². The lowest BCUT2D eigenvalue weighted by molar-refractivity contribution is -0.161. The number of carbonyl (C=O) groups excluding carboxylic acids is 4. The minimum Gasteiger partial charge on any atom is -0.462 e. The van der Waals surface area contributed by atoms with Crippen molar-refractivity contribution in [2.24, 2.45) is 17.8 Å². The average molecular weight is 1300 g/mol. The van der Waals surface area contributed by atoms with Crippen LogP contribution in [0, 0.1) is 17.8 Å². The minimum atomic E-state index is -4.95. The monoisotopic (exact) mass is 1300 g/mol. The topological polar surface area (TPSA) is 237 Å². The Kier molecular flexibility index (Phi) is 58.7. The molecule has 0 spiro atoms. The summed E-state index contributed by atoms with van der Waals surface area (Å²) < 4.78 is 68.1. The molecule has 0 amide bonds. The van der Waals surface area contributed by atoms with Crippen molar-refractivity contribution < 1.29 is 80.2 Å². The second kappa shape index (κ2) is 60.0. The zero-order valence-corrected chi connectivity index (χ0v) is 59.0. The van der Waals surface area contributed by atoms with Gasteiger partial charge in [-0.05, 0) is 43.4 Å². The Morgan fingerprint density at radius 1 is 0.330 bits per heavy atom. The van der Waals surface area contributed by atoms with Gasteiger partial charge in [-0.1, -0.05) is 292 Å². The molecule has 0 aromatic rings. The molecule has 88 heavy (non-hydrogen) atoms. The summed E-state index contributed by atoms with van der Waals surface area (Å²) >= 11 is 0. The number of ether oxygens (including phenoxy) is 4. The van der Waals surface area contributed by atoms with Gasteiger partial charge in [0.2, 0.25) is 0 Å². The fourth-order valence-corrected chi connectivity index (χ4v) is 11.9. The zero-order valence-electron chi connectivity index (χ0n) is 57.2. The quantitative estimate of drug-likeness (QED) is 0.0222. The fraction of sp³-hybridized carbons (Fsp3) is 0.942. The van der Waals surface area contributed by atoms with Crippen LogP contribution in [0.15, 0.2) is 0 Å². The first-order valence-corrected chi connectivity index (χ1v) is 38.9. The van der Waals surface area contributed by atoms with E-state index in [1.54, 1.807) is 0 Å². The number of aliphatic hydroxyl groups is 1. The highest BCUT2D eigenvalue weighted by atomic mass is 31.2. The third-order valence-electron chi connectivity index (χ3n) is 16.6. The molecule has 0 aliphatic carbocycles. The van der Waals surface area contributed by atoms with Crippen molar-refractivity contribution in [2.45, 2.75) is 362 Å². The van der Waals surface area contributed by atoms with Gasteiger partial charge in [0.25, 0.3) is 0 Å². The van der Waals surface area contributed by atoms with Crippen LogP contribution in [0.2, 0.25) is 0 Å². The average Bonchev–Trinajstić information content (AvgIpc) is 3.60. The van der Waals surface area contributed by atoms with Crippen LogP contribution < -0.4 is 0 Å². The van der Waals surface area contributed by atoms with Gasteiger partial charge in [0.05, 0.1) is 26.4 Å². The maximum absolute atomic E-state index is 13.0. The maximum atomic E-state index is 13.0. The summed E-state index contributed by atoms with van der Waals surface area (Å²) in [6, 6.07) is 0. The van der Waals surface area contributed by atoms with Crippen molar-refractivity contribution in [3.05, 3.63) is 0 Å². The molecule has 3 N–H and O–H groups in total. The van der Waals surface area contributed by atoms with Gasteiger partial charge in [0.1, 0.15) is 19.3 Å². The lowest BCUT2D eigenvalue weighted by Gasteiger charge is -2.21. The molecule has 7 atom stereocenters. The number of aliphatic hydroxyl groups excluding tert-OH is 1. The van der Waals surface area contributed by atoms with Gasteiger partial charge < -0.3 is 33.8 Å². The van der Waals surface area contributed by atoms with Crippen LogP contribution in [-0.4, -0.2) is 96.7 Å². The van der Waals surface area contributed by atoms with Crippen molar-refractivity contribution in [1.82, 2.24) is 0 Å². The van der Waals surface area contributed by atoms with E-state index in [0.29, 0.717) is 25.7 Å². The molecule has 0 aromatic carbocycles. The number of phosphoric acid groups is 2. The van der Waals surface area contributed by atoms with Crippen LogP contribution in [-0.2, 0) is 65.4 Å². The van der Waals surface area contributed by atoms with Crippen LogP contribution in [0.1, 0.15) is 344 Å². The lowest BCUT2D eigenvalue weighted by Crippen LogP contribution is -2.30. The van der Waals surface area contributed by atoms with E-state index in [1.807, 2.05) is 0 Å². The summed E-state index contributed by atoms with van der Waals surface area (Å²) in [5, 5.41) is 10.6. The van der Waals surface area contributed by atoms with Crippen molar-refractivity contribution in [3.63, 3.8) is 0 Å². The van der Waals surface area contributed by atoms with Crippen LogP contribution in [0.4, 0.5) is 0 Å². The first kappa shape index (κ1) is 86.1. The van der Waals surface area contributed by atoms with E-state index in [1.165, 1.54) is 141 Å². The molecule has 0 bridgehead atoms. The van der Waals surface area contributed by atoms with E-state index < -0.39 is 97.5 Å². The molecule has 4 unspecified atom stereocenters. The molecule has 0 heterocycles. The summed E-state index contributed by atoms with van der Waals surface area (Å²) in [6.45, 7) is 11.8. The molecular weight excluding hydrogens is 1160 g/mol. The Hall–Kier alpha value is -1.94. The predicted molar refractivity (Wildman–Crippen MR) is 354 cm³/mol. The molecule has 522 valence electrons. The Morgan fingerprint density at radius 2 is 0.580 bits per heavy atom. The zero-order chi connectivity index (χ0) is 65.2. The van der Waals surface area contributed by atoms with E-state index in [2.05, 4.69) is 48.5 Å². The van der Waals surface area contributed by atoms with Gasteiger partial charge in [-0.15, -0.1) is 0 Å². The predicted octanol–water partition coefficient (Wildman–Crippen LogP) is 19.5. The third-order valence-corrected chi connectivity index (χ3v) is 18.5. The molecule has 0 aliphatic rings. The van der Waals surface area contributed by atoms with Gasteiger partial charge in [0.15, 0.2) is 12.2 Å². The highest BCUT2D eigenvalue weighted by Crippen LogP contribution is 2.45. The summed E-state index contributed by atoms with van der Waals surface area (Å²) in [6.07, 6.45) is 43.2. The van der Waals surface area contributed by atoms with E-state index in [4.69, 9.17) is 37.0 Å². The second-order valence-electron chi connectivity index (χ2n) is 25.9. The normalized spacial score (nSPS) is 14.9. The van der Waals surface area contributed by atoms with Crippen molar-refractivity contribution in [3.8, 4) is 0 Å². The molecule has 0 rings (SSSR count). The Bertz CT molecular complexity index is 1740. The Labute approximate surface area is 537 Å². The maximum Gasteiger partial charge on any atom is 0.472 e. The van der Waals surface area contributed by atoms with Crippen molar-refractivity contribution in [2.75, 3.05) is 39.6 Å². The van der Waals surface area contributed by atoms with Crippen molar-refractivity contribution >= 4 is 39.5 Å². The van der Waals surface area contributed by atoms with Gasteiger partial charge in [0, 0.05) is 25.7 Å². The van der Waals surface area contributed by atoms with E-state index >= 15 is 0 Å². The first-order valence-electron chi connectivity index (χ1n) is 35.9. The third kappa shape index (κ3) is 60.3. The van der Waals surface area contributed by atoms with Gasteiger partial charge in [-0.25, -0.2) is 9.13 Å². The summed E-state index contributed by atoms with van der Waals surface area (Å²) in [5.74, 6) is 0.190. The SMILES string of the molecule is CCCCCCCCCC(=O)OC[C@H](COP(=O)(O)OC[C@H](O)COP(=O)(O)OC[C@@H](COC(=O)CCCCCCCCCCCCC(C)C)OC(=O)CCCCCCCCCCCCCCCCC(C)CC)OC(=O)CCCCCCCCC(C)CC. The van der Waals surface area contributed by atoms with Crippen LogP contribution in [0.5, 0.6) is 0 Å². The minimum absolute atomic E-state index is 0.102. The Morgan fingerprint density at radius 3 is 0.864 bits per heavy atom. The number of carbonyl (C=O) groups is 4. The lowest BCUT2D eigenvalue weighted by atomic mass is 9.99. The molecule has 0 radical (unpaired) electrons. The van der Waals surface area contributed by atoms with Crippen molar-refractivity contribution in [1.29, 1.82) is 0 Å². The van der Waals surface area contributed by atoms with Gasteiger partial charge in [-0.2, -0.15) is 0 Å². The van der Waals surface area contributed by atoms with Crippen LogP contribution >= 0.6 is 15.6 Å². The molecule has 0 saturated carbocycles. The highest BCUT2D eigenvalue weighted by Gasteiger charge is 2.30. The second-order valence-corrected chi connectivity index (χ2v) is 28.8. The molecule has 17 nitrogen and oxygen atoms in total. The number of hydrogen-bond acceptors (Lipinski definition) is 15. The number of hydrogen-bond donors (Lipinski definition) is 3. The first-order chi connectivity index (χ1) is 42.3. The molecular formula is C69H134O17P2. The van der Waals surface area contributed by atoms with Gasteiger partial charge >= 0.3 is 39.5 Å². The number of unbranched alkanes of at least 4 members (excludes halogenated alkanes) is 33. The summed E-state index contributed by atoms with van der Waals surface area (Å²) in [5.41, 5.74) is 0. The largest absolute Gasteiger partial charge is 0.472 e. The van der Waals surface area contributed by atoms with E-state index in [0.717, 1.165) is 120 Å². The molecule has 19 heteroatoms. The highest BCUT2D eigenvalue weighted by molar-refractivity contribution is 7.47. The summed E-state index contributed by atoms with van der Waals surface area (Å²) in [7, 11) is -9.89. The smallest absolute Gasteiger partial charge is 0.462 e. The fourth-order valence-electron chi connectivity index (χ4n) is 10.3. The molecule has 0 fully saturated rings. The standard InChI is InChI=1S/C69H134O17P2/c1-8-11-12-13-26-36-43-50-66(71)79-56-65(86-69(74)53-46-39-32-31-35-42-49-62(7)10-3)59-84-88(77,78)82-55-63(70)54-81-87(75,76)83-58-64(57-80-67(72)51-44-37-29-24-21-20-22-27-33-40-47-60(4)5)85-68(73)52-45-38-30-25-19-17-15-14-16-18-23-28-34-41-48-61(6)9-2/h60-65,70H,8-59H2,1-7H3,(H,75,76)(H,77,78)/t61?,62?,63-,64-,65-/m1/s1. The number of phosphoric ester groups is 2. The summed E-state index contributed by atoms with van der Waals surface area (Å²) in [4.78, 5) is 72.3. The van der Waals surface area contributed by atoms with E-state index in [-0.39, 0.29) is 25.7 Å². The molecule has 0 aromatic heterocycles. The van der Waals surface area contributed by atoms with E-state index in [9.17, 15) is 43.2 Å². The molecule has 0 aliphatic heterocycles.